The van der Waals surface area contributed by atoms with Crippen LogP contribution < -0.4 is 15.2 Å². The van der Waals surface area contributed by atoms with Crippen molar-refractivity contribution in [2.75, 3.05) is 27.4 Å². The van der Waals surface area contributed by atoms with Gasteiger partial charge in [0.05, 0.1) is 0 Å². The lowest BCUT2D eigenvalue weighted by atomic mass is 9.90. The van der Waals surface area contributed by atoms with E-state index in [-0.39, 0.29) is 0 Å². The molecule has 18 heavy (non-hydrogen) atoms. The van der Waals surface area contributed by atoms with Crippen molar-refractivity contribution in [3.63, 3.8) is 0 Å². The predicted octanol–water partition coefficient (Wildman–Crippen LogP) is 1.92. The van der Waals surface area contributed by atoms with Crippen LogP contribution in [0, 0.1) is 12.8 Å². The third-order valence-electron chi connectivity index (χ3n) is 3.55. The standard InChI is InChI=1S/C14H22N2O2/c1-9-5-12-13(18-8-17-12)6-11(9)14(16(3)4)10(2)7-15/h5-6,10,14H,7-8,15H2,1-4H3. The summed E-state index contributed by atoms with van der Waals surface area (Å²) in [6.45, 7) is 5.26. The number of benzene rings is 1. The van der Waals surface area contributed by atoms with Gasteiger partial charge < -0.3 is 20.1 Å². The van der Waals surface area contributed by atoms with Crippen LogP contribution in [0.2, 0.25) is 0 Å². The minimum absolute atomic E-state index is 0.296. The van der Waals surface area contributed by atoms with Gasteiger partial charge in [-0.1, -0.05) is 6.92 Å². The van der Waals surface area contributed by atoms with E-state index in [1.165, 1.54) is 11.1 Å². The van der Waals surface area contributed by atoms with Crippen LogP contribution in [-0.4, -0.2) is 32.3 Å². The van der Waals surface area contributed by atoms with Gasteiger partial charge in [0, 0.05) is 6.04 Å². The number of hydrogen-bond donors (Lipinski definition) is 1. The van der Waals surface area contributed by atoms with Gasteiger partial charge in [-0.2, -0.15) is 0 Å². The highest BCUT2D eigenvalue weighted by Crippen LogP contribution is 2.39. The SMILES string of the molecule is Cc1cc2c(cc1C(C(C)CN)N(C)C)OCO2. The van der Waals surface area contributed by atoms with Crippen molar-refractivity contribution in [3.05, 3.63) is 23.3 Å². The summed E-state index contributed by atoms with van der Waals surface area (Å²) in [6, 6.07) is 4.44. The third-order valence-corrected chi connectivity index (χ3v) is 3.55. The number of fused-ring (bicyclic) bond motifs is 1. The normalized spacial score (nSPS) is 17.0. The average Bonchev–Trinajstić information content (AvgIpc) is 2.75. The summed E-state index contributed by atoms with van der Waals surface area (Å²) in [5, 5.41) is 0. The molecule has 2 N–H and O–H groups in total. The zero-order valence-electron chi connectivity index (χ0n) is 11.6. The van der Waals surface area contributed by atoms with E-state index in [4.69, 9.17) is 15.2 Å². The van der Waals surface area contributed by atoms with Gasteiger partial charge in [0.15, 0.2) is 11.5 Å². The number of nitrogens with two attached hydrogens (primary N) is 1. The smallest absolute Gasteiger partial charge is 0.231 e. The molecule has 0 saturated carbocycles. The lowest BCUT2D eigenvalue weighted by Crippen LogP contribution is -2.30. The maximum Gasteiger partial charge on any atom is 0.231 e. The molecule has 1 heterocycles. The van der Waals surface area contributed by atoms with E-state index in [0.717, 1.165) is 11.5 Å². The first-order valence-electron chi connectivity index (χ1n) is 6.31. The van der Waals surface area contributed by atoms with Crippen molar-refractivity contribution in [1.82, 2.24) is 4.90 Å². The first kappa shape index (κ1) is 13.2. The van der Waals surface area contributed by atoms with E-state index in [1.54, 1.807) is 0 Å². The van der Waals surface area contributed by atoms with Crippen LogP contribution in [0.3, 0.4) is 0 Å². The first-order chi connectivity index (χ1) is 8.54. The Morgan fingerprint density at radius 1 is 1.28 bits per heavy atom. The van der Waals surface area contributed by atoms with Crippen LogP contribution in [0.15, 0.2) is 12.1 Å². The molecular weight excluding hydrogens is 228 g/mol. The quantitative estimate of drug-likeness (QED) is 0.887. The molecule has 0 spiro atoms. The van der Waals surface area contributed by atoms with Gasteiger partial charge >= 0.3 is 0 Å². The van der Waals surface area contributed by atoms with Crippen molar-refractivity contribution in [1.29, 1.82) is 0 Å². The number of ether oxygens (including phenoxy) is 2. The van der Waals surface area contributed by atoms with Crippen LogP contribution >= 0.6 is 0 Å². The molecule has 0 amide bonds. The van der Waals surface area contributed by atoms with Gasteiger partial charge in [-0.3, -0.25) is 0 Å². The predicted molar refractivity (Wildman–Crippen MR) is 71.9 cm³/mol. The van der Waals surface area contributed by atoms with Crippen LogP contribution in [0.4, 0.5) is 0 Å². The minimum atomic E-state index is 0.296. The Balaban J connectivity index is 2.41. The number of aryl methyl sites for hydroxylation is 1. The molecule has 1 aliphatic heterocycles. The highest BCUT2D eigenvalue weighted by Gasteiger charge is 2.25. The lowest BCUT2D eigenvalue weighted by Gasteiger charge is -2.31. The fourth-order valence-corrected chi connectivity index (χ4v) is 2.60. The molecule has 4 heteroatoms. The molecular formula is C14H22N2O2. The molecule has 0 fully saturated rings. The first-order valence-corrected chi connectivity index (χ1v) is 6.31. The van der Waals surface area contributed by atoms with Crippen LogP contribution in [-0.2, 0) is 0 Å². The second-order valence-electron chi connectivity index (χ2n) is 5.18. The summed E-state index contributed by atoms with van der Waals surface area (Å²) in [5.41, 5.74) is 8.31. The molecule has 1 aromatic carbocycles. The van der Waals surface area contributed by atoms with Crippen molar-refractivity contribution >= 4 is 0 Å². The summed E-state index contributed by atoms with van der Waals surface area (Å²) < 4.78 is 10.9. The molecule has 0 radical (unpaired) electrons. The minimum Gasteiger partial charge on any atom is -0.454 e. The van der Waals surface area contributed by atoms with Crippen molar-refractivity contribution in [2.24, 2.45) is 11.7 Å². The van der Waals surface area contributed by atoms with E-state index in [1.807, 2.05) is 0 Å². The molecule has 100 valence electrons. The summed E-state index contributed by atoms with van der Waals surface area (Å²) in [6.07, 6.45) is 0. The van der Waals surface area contributed by atoms with Crippen LogP contribution in [0.1, 0.15) is 24.1 Å². The largest absolute Gasteiger partial charge is 0.454 e. The van der Waals surface area contributed by atoms with E-state index >= 15 is 0 Å². The fourth-order valence-electron chi connectivity index (χ4n) is 2.60. The second kappa shape index (κ2) is 5.16. The molecule has 2 rings (SSSR count). The molecule has 2 atom stereocenters. The molecule has 0 aliphatic carbocycles. The Kier molecular flexibility index (Phi) is 3.78. The summed E-state index contributed by atoms with van der Waals surface area (Å²) >= 11 is 0. The monoisotopic (exact) mass is 250 g/mol. The van der Waals surface area contributed by atoms with E-state index in [2.05, 4.69) is 45.0 Å². The third kappa shape index (κ3) is 2.31. The molecule has 2 unspecified atom stereocenters. The highest BCUT2D eigenvalue weighted by atomic mass is 16.7. The number of hydrogen-bond acceptors (Lipinski definition) is 4. The van der Waals surface area contributed by atoms with E-state index in [0.29, 0.717) is 25.3 Å². The fraction of sp³-hybridized carbons (Fsp3) is 0.571. The van der Waals surface area contributed by atoms with Gasteiger partial charge in [0.2, 0.25) is 6.79 Å². The summed E-state index contributed by atoms with van der Waals surface area (Å²) in [5.74, 6) is 2.07. The molecule has 4 nitrogen and oxygen atoms in total. The zero-order chi connectivity index (χ0) is 13.3. The van der Waals surface area contributed by atoms with Crippen LogP contribution in [0.5, 0.6) is 11.5 Å². The molecule has 0 aromatic heterocycles. The zero-order valence-corrected chi connectivity index (χ0v) is 11.6. The number of nitrogens with zero attached hydrogens (tertiary/aromatic N) is 1. The van der Waals surface area contributed by atoms with Crippen molar-refractivity contribution < 1.29 is 9.47 Å². The van der Waals surface area contributed by atoms with Crippen molar-refractivity contribution in [2.45, 2.75) is 19.9 Å². The Labute approximate surface area is 109 Å². The van der Waals surface area contributed by atoms with E-state index in [9.17, 15) is 0 Å². The highest BCUT2D eigenvalue weighted by molar-refractivity contribution is 5.49. The topological polar surface area (TPSA) is 47.7 Å². The van der Waals surface area contributed by atoms with Crippen LogP contribution in [0.25, 0.3) is 0 Å². The summed E-state index contributed by atoms with van der Waals surface area (Å²) in [4.78, 5) is 2.21. The maximum atomic E-state index is 5.83. The molecule has 1 aliphatic rings. The Hall–Kier alpha value is -1.26. The summed E-state index contributed by atoms with van der Waals surface area (Å²) in [7, 11) is 4.17. The Morgan fingerprint density at radius 2 is 1.89 bits per heavy atom. The van der Waals surface area contributed by atoms with Gasteiger partial charge in [0.1, 0.15) is 0 Å². The van der Waals surface area contributed by atoms with Gasteiger partial charge in [-0.25, -0.2) is 0 Å². The Morgan fingerprint density at radius 3 is 2.44 bits per heavy atom. The average molecular weight is 250 g/mol. The second-order valence-corrected chi connectivity index (χ2v) is 5.18. The Bertz CT molecular complexity index is 432. The van der Waals surface area contributed by atoms with Crippen molar-refractivity contribution in [3.8, 4) is 11.5 Å². The van der Waals surface area contributed by atoms with E-state index < -0.39 is 0 Å². The lowest BCUT2D eigenvalue weighted by molar-refractivity contribution is 0.173. The van der Waals surface area contributed by atoms with Gasteiger partial charge in [-0.05, 0) is 56.7 Å². The van der Waals surface area contributed by atoms with Gasteiger partial charge in [0.25, 0.3) is 0 Å². The maximum absolute atomic E-state index is 5.83. The molecule has 0 saturated heterocycles. The number of rotatable bonds is 4. The molecule has 0 bridgehead atoms. The molecule has 1 aromatic rings. The van der Waals surface area contributed by atoms with Gasteiger partial charge in [-0.15, -0.1) is 0 Å².